The average molecular weight is 325 g/mol. The van der Waals surface area contributed by atoms with Gasteiger partial charge in [-0.1, -0.05) is 6.07 Å². The average Bonchev–Trinajstić information content (AvgIpc) is 2.56. The molecule has 0 spiro atoms. The van der Waals surface area contributed by atoms with E-state index in [4.69, 9.17) is 21.1 Å². The maximum atomic E-state index is 10.9. The Morgan fingerprint density at radius 1 is 1.46 bits per heavy atom. The molecule has 2 aromatic rings. The summed E-state index contributed by atoms with van der Waals surface area (Å²) in [6.07, 6.45) is 1.38. The molecular formula is C14H11N7O3. The van der Waals surface area contributed by atoms with Gasteiger partial charge in [0, 0.05) is 18.3 Å². The van der Waals surface area contributed by atoms with Crippen LogP contribution >= 0.6 is 0 Å². The van der Waals surface area contributed by atoms with Gasteiger partial charge in [0.15, 0.2) is 5.84 Å². The summed E-state index contributed by atoms with van der Waals surface area (Å²) < 4.78 is 5.42. The van der Waals surface area contributed by atoms with E-state index in [0.717, 1.165) is 0 Å². The number of pyridine rings is 1. The Morgan fingerprint density at radius 2 is 2.25 bits per heavy atom. The van der Waals surface area contributed by atoms with E-state index in [9.17, 15) is 10.1 Å². The highest BCUT2D eigenvalue weighted by Crippen LogP contribution is 2.29. The van der Waals surface area contributed by atoms with Crippen molar-refractivity contribution in [2.45, 2.75) is 0 Å². The number of hydrogen-bond donors (Lipinski definition) is 3. The summed E-state index contributed by atoms with van der Waals surface area (Å²) in [5.74, 6) is -0.343. The first-order chi connectivity index (χ1) is 11.5. The fourth-order valence-electron chi connectivity index (χ4n) is 1.61. The molecule has 1 heterocycles. The van der Waals surface area contributed by atoms with Crippen LogP contribution in [0.4, 0.5) is 11.4 Å². The molecule has 1 aromatic heterocycles. The summed E-state index contributed by atoms with van der Waals surface area (Å²) >= 11 is 0. The van der Waals surface area contributed by atoms with Crippen LogP contribution in [0.2, 0.25) is 0 Å². The summed E-state index contributed by atoms with van der Waals surface area (Å²) in [4.78, 5) is 14.2. The largest absolute Gasteiger partial charge is 0.434 e. The normalized spacial score (nSPS) is 10.5. The second kappa shape index (κ2) is 7.32. The third-order valence-corrected chi connectivity index (χ3v) is 2.65. The van der Waals surface area contributed by atoms with Crippen molar-refractivity contribution in [1.82, 2.24) is 4.98 Å². The number of anilines is 1. The van der Waals surface area contributed by atoms with Crippen LogP contribution in [-0.4, -0.2) is 21.5 Å². The number of nitrogens with one attached hydrogen (secondary N) is 2. The van der Waals surface area contributed by atoms with E-state index < -0.39 is 10.8 Å². The smallest absolute Gasteiger partial charge is 0.331 e. The van der Waals surface area contributed by atoms with Gasteiger partial charge in [0.1, 0.15) is 11.8 Å². The number of rotatable bonds is 6. The summed E-state index contributed by atoms with van der Waals surface area (Å²) in [6.45, 7) is 0. The van der Waals surface area contributed by atoms with Crippen LogP contribution in [0.1, 0.15) is 0 Å². The number of benzene rings is 1. The molecule has 4 N–H and O–H groups in total. The van der Waals surface area contributed by atoms with Crippen molar-refractivity contribution in [3.05, 3.63) is 52.7 Å². The Morgan fingerprint density at radius 3 is 2.92 bits per heavy atom. The molecule has 0 atom stereocenters. The number of nitrogens with two attached hydrogens (primary N) is 1. The number of amidine groups is 1. The van der Waals surface area contributed by atoms with Crippen molar-refractivity contribution in [2.24, 2.45) is 10.8 Å². The molecule has 0 radical (unpaired) electrons. The lowest BCUT2D eigenvalue weighted by molar-refractivity contribution is -0.386. The second-order valence-corrected chi connectivity index (χ2v) is 4.31. The quantitative estimate of drug-likeness (QED) is 0.316. The number of nitro groups is 1. The third kappa shape index (κ3) is 4.01. The molecule has 1 aromatic carbocycles. The molecule has 0 aliphatic carbocycles. The van der Waals surface area contributed by atoms with Crippen LogP contribution in [0, 0.1) is 26.9 Å². The highest BCUT2D eigenvalue weighted by atomic mass is 16.6. The van der Waals surface area contributed by atoms with Gasteiger partial charge < -0.3 is 10.5 Å². The minimum absolute atomic E-state index is 0.149. The first-order valence-corrected chi connectivity index (χ1v) is 6.47. The number of ether oxygens (including phenoxy) is 1. The molecule has 0 saturated carbocycles. The van der Waals surface area contributed by atoms with E-state index in [2.05, 4.69) is 15.5 Å². The summed E-state index contributed by atoms with van der Waals surface area (Å²) in [5.41, 5.74) is 7.62. The molecule has 0 bridgehead atoms. The Hall–Kier alpha value is -4.00. The second-order valence-electron chi connectivity index (χ2n) is 4.31. The van der Waals surface area contributed by atoms with Gasteiger partial charge in [0.05, 0.1) is 10.6 Å². The van der Waals surface area contributed by atoms with Crippen molar-refractivity contribution in [3.63, 3.8) is 0 Å². The van der Waals surface area contributed by atoms with Crippen LogP contribution in [0.5, 0.6) is 11.6 Å². The summed E-state index contributed by atoms with van der Waals surface area (Å²) in [5, 5.41) is 30.6. The Bertz CT molecular complexity index is 857. The van der Waals surface area contributed by atoms with E-state index in [1.54, 1.807) is 24.3 Å². The van der Waals surface area contributed by atoms with Gasteiger partial charge in [-0.2, -0.15) is 10.4 Å². The van der Waals surface area contributed by atoms with E-state index in [0.29, 0.717) is 5.69 Å². The molecule has 120 valence electrons. The Labute approximate surface area is 135 Å². The molecule has 0 aliphatic heterocycles. The van der Waals surface area contributed by atoms with Crippen molar-refractivity contribution in [3.8, 4) is 17.7 Å². The molecule has 10 nitrogen and oxygen atoms in total. The predicted molar refractivity (Wildman–Crippen MR) is 86.0 cm³/mol. The van der Waals surface area contributed by atoms with Gasteiger partial charge >= 0.3 is 5.69 Å². The number of hydrogen-bond acceptors (Lipinski definition) is 8. The van der Waals surface area contributed by atoms with Crippen LogP contribution in [0.3, 0.4) is 0 Å². The highest BCUT2D eigenvalue weighted by Gasteiger charge is 2.16. The molecule has 24 heavy (non-hydrogen) atoms. The number of hydrazone groups is 1. The zero-order valence-electron chi connectivity index (χ0n) is 12.1. The van der Waals surface area contributed by atoms with Gasteiger partial charge in [-0.3, -0.25) is 20.9 Å². The molecule has 0 saturated heterocycles. The molecule has 0 amide bonds. The topological polar surface area (TPSA) is 163 Å². The molecular weight excluding hydrogens is 314 g/mol. The monoisotopic (exact) mass is 325 g/mol. The van der Waals surface area contributed by atoms with E-state index in [1.807, 2.05) is 0 Å². The van der Waals surface area contributed by atoms with Crippen molar-refractivity contribution in [1.29, 1.82) is 10.7 Å². The fraction of sp³-hybridized carbons (Fsp3) is 0. The highest BCUT2D eigenvalue weighted by molar-refractivity contribution is 6.45. The molecule has 2 rings (SSSR count). The number of aromatic nitrogens is 1. The van der Waals surface area contributed by atoms with Crippen molar-refractivity contribution < 1.29 is 9.66 Å². The minimum Gasteiger partial charge on any atom is -0.434 e. The van der Waals surface area contributed by atoms with E-state index >= 15 is 0 Å². The number of nitriles is 1. The first kappa shape index (κ1) is 16.4. The standard InChI is InChI=1S/C14H11N7O3/c15-8-11(13(16)17)20-19-9-3-1-4-10(7-9)24-14-12(21(22)23)5-2-6-18-14/h1-7,19H,(H3,16,17)/b20-11+. The summed E-state index contributed by atoms with van der Waals surface area (Å²) in [6, 6.07) is 10.7. The summed E-state index contributed by atoms with van der Waals surface area (Å²) in [7, 11) is 0. The van der Waals surface area contributed by atoms with E-state index in [-0.39, 0.29) is 23.0 Å². The maximum absolute atomic E-state index is 10.9. The van der Waals surface area contributed by atoms with Crippen LogP contribution in [-0.2, 0) is 0 Å². The molecule has 10 heteroatoms. The molecule has 0 aliphatic rings. The minimum atomic E-state index is -0.596. The van der Waals surface area contributed by atoms with Crippen molar-refractivity contribution in [2.75, 3.05) is 5.43 Å². The maximum Gasteiger partial charge on any atom is 0.331 e. The number of nitrogens with zero attached hydrogens (tertiary/aromatic N) is 4. The molecule has 0 unspecified atom stereocenters. The van der Waals surface area contributed by atoms with Crippen LogP contribution in [0.25, 0.3) is 0 Å². The lowest BCUT2D eigenvalue weighted by Crippen LogP contribution is -2.21. The first-order valence-electron chi connectivity index (χ1n) is 6.47. The van der Waals surface area contributed by atoms with Gasteiger partial charge in [-0.05, 0) is 18.2 Å². The Kier molecular flexibility index (Phi) is 4.99. The fourth-order valence-corrected chi connectivity index (χ4v) is 1.61. The van der Waals surface area contributed by atoms with Gasteiger partial charge in [-0.25, -0.2) is 4.98 Å². The van der Waals surface area contributed by atoms with Crippen LogP contribution < -0.4 is 15.9 Å². The van der Waals surface area contributed by atoms with Crippen LogP contribution in [0.15, 0.2) is 47.7 Å². The zero-order chi connectivity index (χ0) is 17.5. The Balaban J connectivity index is 2.22. The lowest BCUT2D eigenvalue weighted by atomic mass is 10.3. The zero-order valence-corrected chi connectivity index (χ0v) is 12.1. The van der Waals surface area contributed by atoms with Gasteiger partial charge in [0.2, 0.25) is 5.71 Å². The van der Waals surface area contributed by atoms with E-state index in [1.165, 1.54) is 24.4 Å². The van der Waals surface area contributed by atoms with Crippen molar-refractivity contribution >= 4 is 22.9 Å². The SMILES string of the molecule is N#C/C(=N\Nc1cccc(Oc2ncccc2[N+](=O)[O-])c1)C(=N)N. The predicted octanol–water partition coefficient (Wildman–Crippen LogP) is 2.01. The third-order valence-electron chi connectivity index (χ3n) is 2.65. The molecule has 0 fully saturated rings. The van der Waals surface area contributed by atoms with Gasteiger partial charge in [0.25, 0.3) is 5.88 Å². The van der Waals surface area contributed by atoms with Gasteiger partial charge in [-0.15, -0.1) is 0 Å². The lowest BCUT2D eigenvalue weighted by Gasteiger charge is -2.07.